The van der Waals surface area contributed by atoms with E-state index in [9.17, 15) is 13.2 Å². The van der Waals surface area contributed by atoms with Crippen molar-refractivity contribution in [3.63, 3.8) is 0 Å². The standard InChI is InChI=1S/C13H22O5S/c1-4-17-12(14)7-5-6-11(2)10-13(8-9-13)18-19(3,15)16/h5,7,11H,4,6,8-10H2,1-3H3/b7-5+/t11-/m0/s1. The number of hydrogen-bond acceptors (Lipinski definition) is 5. The zero-order chi connectivity index (χ0) is 14.5. The Hall–Kier alpha value is -0.880. The molecule has 1 atom stereocenters. The molecule has 0 amide bonds. The van der Waals surface area contributed by atoms with E-state index in [1.807, 2.05) is 6.92 Å². The molecule has 0 saturated heterocycles. The van der Waals surface area contributed by atoms with Crippen molar-refractivity contribution in [2.45, 2.75) is 45.1 Å². The highest BCUT2D eigenvalue weighted by Crippen LogP contribution is 2.46. The van der Waals surface area contributed by atoms with Gasteiger partial charge in [-0.3, -0.25) is 4.18 Å². The molecule has 0 N–H and O–H groups in total. The Bertz CT molecular complexity index is 434. The van der Waals surface area contributed by atoms with Gasteiger partial charge in [0.15, 0.2) is 0 Å². The van der Waals surface area contributed by atoms with Gasteiger partial charge >= 0.3 is 5.97 Å². The Labute approximate surface area is 115 Å². The summed E-state index contributed by atoms with van der Waals surface area (Å²) < 4.78 is 32.2. The molecule has 0 bridgehead atoms. The van der Waals surface area contributed by atoms with Crippen molar-refractivity contribution in [1.82, 2.24) is 0 Å². The van der Waals surface area contributed by atoms with Gasteiger partial charge in [0.1, 0.15) is 0 Å². The number of carbonyl (C=O) groups excluding carboxylic acids is 1. The van der Waals surface area contributed by atoms with Crippen LogP contribution < -0.4 is 0 Å². The number of carbonyl (C=O) groups is 1. The van der Waals surface area contributed by atoms with Crippen LogP contribution in [0.25, 0.3) is 0 Å². The van der Waals surface area contributed by atoms with Gasteiger partial charge in [0.2, 0.25) is 0 Å². The van der Waals surface area contributed by atoms with E-state index in [2.05, 4.69) is 0 Å². The summed E-state index contributed by atoms with van der Waals surface area (Å²) in [5.74, 6) is -0.0850. The van der Waals surface area contributed by atoms with Gasteiger partial charge in [-0.05, 0) is 38.5 Å². The number of rotatable bonds is 8. The maximum Gasteiger partial charge on any atom is 0.330 e. The molecule has 5 nitrogen and oxygen atoms in total. The minimum absolute atomic E-state index is 0.259. The predicted molar refractivity (Wildman–Crippen MR) is 72.1 cm³/mol. The van der Waals surface area contributed by atoms with Gasteiger partial charge in [0.05, 0.1) is 18.5 Å². The van der Waals surface area contributed by atoms with Crippen LogP contribution in [0.1, 0.15) is 39.5 Å². The summed E-state index contributed by atoms with van der Waals surface area (Å²) in [5, 5.41) is 0. The van der Waals surface area contributed by atoms with Crippen LogP contribution in [0, 0.1) is 5.92 Å². The third-order valence-electron chi connectivity index (χ3n) is 2.94. The van der Waals surface area contributed by atoms with Gasteiger partial charge in [0.25, 0.3) is 10.1 Å². The van der Waals surface area contributed by atoms with Gasteiger partial charge in [-0.15, -0.1) is 0 Å². The molecular formula is C13H22O5S. The van der Waals surface area contributed by atoms with Crippen molar-refractivity contribution < 1.29 is 22.1 Å². The Morgan fingerprint density at radius 3 is 2.53 bits per heavy atom. The van der Waals surface area contributed by atoms with Crippen molar-refractivity contribution >= 4 is 16.1 Å². The smallest absolute Gasteiger partial charge is 0.330 e. The van der Waals surface area contributed by atoms with Crippen LogP contribution in [0.15, 0.2) is 12.2 Å². The van der Waals surface area contributed by atoms with Crippen LogP contribution in [0.2, 0.25) is 0 Å². The van der Waals surface area contributed by atoms with Crippen LogP contribution in [0.5, 0.6) is 0 Å². The van der Waals surface area contributed by atoms with Crippen LogP contribution in [-0.4, -0.2) is 32.9 Å². The van der Waals surface area contributed by atoms with Gasteiger partial charge in [0, 0.05) is 6.08 Å². The first-order valence-electron chi connectivity index (χ1n) is 6.50. The van der Waals surface area contributed by atoms with Gasteiger partial charge < -0.3 is 4.74 Å². The summed E-state index contributed by atoms with van der Waals surface area (Å²) >= 11 is 0. The second kappa shape index (κ2) is 6.52. The van der Waals surface area contributed by atoms with E-state index >= 15 is 0 Å². The van der Waals surface area contributed by atoms with E-state index in [0.717, 1.165) is 19.1 Å². The molecule has 0 aromatic rings. The van der Waals surface area contributed by atoms with E-state index in [4.69, 9.17) is 8.92 Å². The Morgan fingerprint density at radius 1 is 1.42 bits per heavy atom. The second-order valence-corrected chi connectivity index (χ2v) is 6.74. The molecule has 1 fully saturated rings. The molecule has 0 aromatic carbocycles. The molecule has 0 aromatic heterocycles. The van der Waals surface area contributed by atoms with Crippen molar-refractivity contribution in [2.75, 3.05) is 12.9 Å². The lowest BCUT2D eigenvalue weighted by Gasteiger charge is -2.18. The molecule has 1 aliphatic rings. The lowest BCUT2D eigenvalue weighted by molar-refractivity contribution is -0.137. The van der Waals surface area contributed by atoms with Crippen LogP contribution in [0.4, 0.5) is 0 Å². The molecule has 1 aliphatic carbocycles. The third kappa shape index (κ3) is 6.73. The molecule has 19 heavy (non-hydrogen) atoms. The van der Waals surface area contributed by atoms with Gasteiger partial charge in [-0.25, -0.2) is 4.79 Å². The van der Waals surface area contributed by atoms with E-state index in [1.165, 1.54) is 6.08 Å². The number of esters is 1. The average molecular weight is 290 g/mol. The van der Waals surface area contributed by atoms with E-state index in [0.29, 0.717) is 19.4 Å². The van der Waals surface area contributed by atoms with Crippen LogP contribution >= 0.6 is 0 Å². The molecule has 110 valence electrons. The fourth-order valence-electron chi connectivity index (χ4n) is 2.09. The SMILES string of the molecule is CCOC(=O)/C=C/C[C@H](C)CC1(OS(C)(=O)=O)CC1. The van der Waals surface area contributed by atoms with E-state index in [1.54, 1.807) is 13.0 Å². The van der Waals surface area contributed by atoms with Crippen molar-refractivity contribution in [3.05, 3.63) is 12.2 Å². The van der Waals surface area contributed by atoms with Crippen molar-refractivity contribution in [3.8, 4) is 0 Å². The molecule has 0 spiro atoms. The van der Waals surface area contributed by atoms with Gasteiger partial charge in [-0.2, -0.15) is 8.42 Å². The topological polar surface area (TPSA) is 69.7 Å². The Morgan fingerprint density at radius 2 is 2.05 bits per heavy atom. The van der Waals surface area contributed by atoms with E-state index in [-0.39, 0.29) is 11.9 Å². The quantitative estimate of drug-likeness (QED) is 0.388. The summed E-state index contributed by atoms with van der Waals surface area (Å²) in [6.45, 7) is 4.14. The maximum absolute atomic E-state index is 11.1. The molecule has 6 heteroatoms. The highest BCUT2D eigenvalue weighted by molar-refractivity contribution is 7.86. The molecule has 0 heterocycles. The van der Waals surface area contributed by atoms with Crippen molar-refractivity contribution in [1.29, 1.82) is 0 Å². The molecule has 0 unspecified atom stereocenters. The van der Waals surface area contributed by atoms with Crippen LogP contribution in [-0.2, 0) is 23.8 Å². The minimum Gasteiger partial charge on any atom is -0.463 e. The highest BCUT2D eigenvalue weighted by Gasteiger charge is 2.47. The highest BCUT2D eigenvalue weighted by atomic mass is 32.2. The monoisotopic (exact) mass is 290 g/mol. The first-order valence-corrected chi connectivity index (χ1v) is 8.32. The predicted octanol–water partition coefficient (Wildman–Crippen LogP) is 2.03. The summed E-state index contributed by atoms with van der Waals surface area (Å²) in [7, 11) is -3.40. The zero-order valence-electron chi connectivity index (χ0n) is 11.7. The fraction of sp³-hybridized carbons (Fsp3) is 0.769. The lowest BCUT2D eigenvalue weighted by Crippen LogP contribution is -2.21. The minimum atomic E-state index is -3.40. The summed E-state index contributed by atoms with van der Waals surface area (Å²) in [5.41, 5.74) is -0.495. The maximum atomic E-state index is 11.1. The molecular weight excluding hydrogens is 268 g/mol. The molecule has 1 rings (SSSR count). The molecule has 0 aliphatic heterocycles. The van der Waals surface area contributed by atoms with Gasteiger partial charge in [-0.1, -0.05) is 13.0 Å². The fourth-order valence-corrected chi connectivity index (χ4v) is 2.96. The molecule has 1 saturated carbocycles. The van der Waals surface area contributed by atoms with E-state index < -0.39 is 15.7 Å². The summed E-state index contributed by atoms with van der Waals surface area (Å²) in [4.78, 5) is 11.1. The Balaban J connectivity index is 2.35. The zero-order valence-corrected chi connectivity index (χ0v) is 12.5. The summed E-state index contributed by atoms with van der Waals surface area (Å²) in [6, 6.07) is 0. The number of hydrogen-bond donors (Lipinski definition) is 0. The van der Waals surface area contributed by atoms with Crippen LogP contribution in [0.3, 0.4) is 0 Å². The normalized spacial score (nSPS) is 19.3. The number of allylic oxidation sites excluding steroid dienone is 1. The first kappa shape index (κ1) is 16.2. The number of ether oxygens (including phenoxy) is 1. The average Bonchev–Trinajstić information content (AvgIpc) is 2.94. The van der Waals surface area contributed by atoms with Crippen molar-refractivity contribution in [2.24, 2.45) is 5.92 Å². The largest absolute Gasteiger partial charge is 0.463 e. The first-order chi connectivity index (χ1) is 8.76. The molecule has 0 radical (unpaired) electrons. The third-order valence-corrected chi connectivity index (χ3v) is 3.59. The summed E-state index contributed by atoms with van der Waals surface area (Å²) in [6.07, 6.45) is 7.22. The lowest BCUT2D eigenvalue weighted by atomic mass is 9.98. The Kier molecular flexibility index (Phi) is 5.55. The second-order valence-electron chi connectivity index (χ2n) is 5.17.